The van der Waals surface area contributed by atoms with E-state index in [4.69, 9.17) is 18.9 Å². The smallest absolute Gasteiger partial charge is 0.243 e. The van der Waals surface area contributed by atoms with E-state index in [9.17, 15) is 8.42 Å². The molecule has 3 aromatic carbocycles. The summed E-state index contributed by atoms with van der Waals surface area (Å²) in [6.45, 7) is 1.78. The molecular formula is C33H37N3O6S. The Labute approximate surface area is 252 Å². The first-order valence-corrected chi connectivity index (χ1v) is 16.3. The molecule has 7 rings (SSSR count). The average Bonchev–Trinajstić information content (AvgIpc) is 3.81. The number of aryl methyl sites for hydroxylation is 2. The highest BCUT2D eigenvalue weighted by Crippen LogP contribution is 2.41. The molecule has 4 aromatic rings. The Hall–Kier alpha value is -3.41. The number of hydrogen-bond donors (Lipinski definition) is 2. The van der Waals surface area contributed by atoms with E-state index in [2.05, 4.69) is 46.0 Å². The van der Waals surface area contributed by atoms with Crippen LogP contribution in [-0.4, -0.2) is 44.9 Å². The Morgan fingerprint density at radius 1 is 0.977 bits per heavy atom. The van der Waals surface area contributed by atoms with Gasteiger partial charge >= 0.3 is 0 Å². The van der Waals surface area contributed by atoms with Crippen LogP contribution in [0.2, 0.25) is 0 Å². The minimum absolute atomic E-state index is 0.118. The van der Waals surface area contributed by atoms with Crippen molar-refractivity contribution in [2.24, 2.45) is 7.05 Å². The molecule has 0 spiro atoms. The third-order valence-electron chi connectivity index (χ3n) is 8.63. The summed E-state index contributed by atoms with van der Waals surface area (Å²) in [5, 5.41) is 4.63. The van der Waals surface area contributed by atoms with Gasteiger partial charge in [0.2, 0.25) is 16.3 Å². The number of sulfonamides is 1. The van der Waals surface area contributed by atoms with Crippen LogP contribution >= 0.6 is 0 Å². The van der Waals surface area contributed by atoms with Crippen LogP contribution in [0.25, 0.3) is 10.9 Å². The van der Waals surface area contributed by atoms with E-state index < -0.39 is 16.3 Å². The van der Waals surface area contributed by atoms with Gasteiger partial charge in [-0.3, -0.25) is 0 Å². The Morgan fingerprint density at radius 3 is 2.58 bits per heavy atom. The molecule has 10 heteroatoms. The van der Waals surface area contributed by atoms with Crippen LogP contribution in [0.4, 0.5) is 5.69 Å². The zero-order valence-corrected chi connectivity index (χ0v) is 25.4. The molecule has 0 amide bonds. The Kier molecular flexibility index (Phi) is 7.43. The van der Waals surface area contributed by atoms with E-state index in [0.717, 1.165) is 46.3 Å². The highest BCUT2D eigenvalue weighted by molar-refractivity contribution is 7.89. The molecule has 0 radical (unpaired) electrons. The summed E-state index contributed by atoms with van der Waals surface area (Å²) in [4.78, 5) is 0.257. The molecule has 0 bridgehead atoms. The normalized spacial score (nSPS) is 23.5. The van der Waals surface area contributed by atoms with Crippen LogP contribution in [0.3, 0.4) is 0 Å². The number of hydrogen-bond acceptors (Lipinski definition) is 7. The lowest BCUT2D eigenvalue weighted by Gasteiger charge is -2.11. The second-order valence-corrected chi connectivity index (χ2v) is 13.4. The fourth-order valence-corrected chi connectivity index (χ4v) is 7.57. The largest absolute Gasteiger partial charge is 0.496 e. The van der Waals surface area contributed by atoms with Gasteiger partial charge in [0.1, 0.15) is 11.9 Å². The zero-order valence-electron chi connectivity index (χ0n) is 24.6. The van der Waals surface area contributed by atoms with Gasteiger partial charge in [0, 0.05) is 36.3 Å². The molecule has 3 fully saturated rings. The molecule has 226 valence electrons. The number of nitrogens with one attached hydrogen (secondary N) is 2. The van der Waals surface area contributed by atoms with Crippen molar-refractivity contribution in [1.29, 1.82) is 0 Å². The fourth-order valence-electron chi connectivity index (χ4n) is 6.21. The molecular weight excluding hydrogens is 566 g/mol. The first-order valence-electron chi connectivity index (χ1n) is 14.8. The van der Waals surface area contributed by atoms with Crippen LogP contribution in [-0.2, 0) is 37.7 Å². The molecule has 1 aliphatic carbocycles. The molecule has 1 aromatic heterocycles. The highest BCUT2D eigenvalue weighted by Gasteiger charge is 2.44. The van der Waals surface area contributed by atoms with Gasteiger partial charge in [-0.25, -0.2) is 8.42 Å². The third kappa shape index (κ3) is 5.90. The lowest BCUT2D eigenvalue weighted by Crippen LogP contribution is -2.27. The number of benzene rings is 3. The van der Waals surface area contributed by atoms with Gasteiger partial charge in [-0.15, -0.1) is 0 Å². The summed E-state index contributed by atoms with van der Waals surface area (Å²) in [5.74, 6) is 0.734. The number of anilines is 1. The maximum atomic E-state index is 12.9. The number of ether oxygens (including phenoxy) is 4. The number of methoxy groups -OCH3 is 1. The predicted molar refractivity (Wildman–Crippen MR) is 163 cm³/mol. The minimum Gasteiger partial charge on any atom is -0.496 e. The SMILES string of the molecule is COc1cc(C2OC2NS(=O)(=O)c2ccccc2C)ccc1Cc1cn(C)c2ccc(NC3OC3OC3CCCC3)cc12. The molecule has 4 unspecified atom stereocenters. The van der Waals surface area contributed by atoms with E-state index in [1.54, 1.807) is 32.2 Å². The van der Waals surface area contributed by atoms with Gasteiger partial charge in [-0.2, -0.15) is 4.72 Å². The monoisotopic (exact) mass is 603 g/mol. The van der Waals surface area contributed by atoms with Crippen LogP contribution in [0.5, 0.6) is 5.75 Å². The Morgan fingerprint density at radius 2 is 1.79 bits per heavy atom. The van der Waals surface area contributed by atoms with Crippen molar-refractivity contribution < 1.29 is 27.4 Å². The quantitative estimate of drug-likeness (QED) is 0.218. The van der Waals surface area contributed by atoms with Gasteiger partial charge in [0.15, 0.2) is 12.5 Å². The summed E-state index contributed by atoms with van der Waals surface area (Å²) >= 11 is 0. The molecule has 9 nitrogen and oxygen atoms in total. The van der Waals surface area contributed by atoms with Crippen molar-refractivity contribution >= 4 is 26.6 Å². The van der Waals surface area contributed by atoms with E-state index in [1.807, 2.05) is 24.3 Å². The molecule has 2 saturated heterocycles. The summed E-state index contributed by atoms with van der Waals surface area (Å²) in [7, 11) is 0.00896. The van der Waals surface area contributed by atoms with Crippen molar-refractivity contribution in [2.45, 2.75) is 74.9 Å². The van der Waals surface area contributed by atoms with Gasteiger partial charge in [-0.1, -0.05) is 43.2 Å². The first-order chi connectivity index (χ1) is 20.8. The van der Waals surface area contributed by atoms with E-state index in [-0.39, 0.29) is 23.5 Å². The number of fused-ring (bicyclic) bond motifs is 1. The number of rotatable bonds is 11. The van der Waals surface area contributed by atoms with Crippen molar-refractivity contribution in [2.75, 3.05) is 12.4 Å². The molecule has 3 aliphatic rings. The molecule has 2 N–H and O–H groups in total. The lowest BCUT2D eigenvalue weighted by molar-refractivity contribution is -0.00703. The minimum atomic E-state index is -3.70. The third-order valence-corrected chi connectivity index (χ3v) is 10.2. The van der Waals surface area contributed by atoms with Gasteiger partial charge in [0.25, 0.3) is 0 Å². The average molecular weight is 604 g/mol. The van der Waals surface area contributed by atoms with Crippen LogP contribution in [0, 0.1) is 6.92 Å². The van der Waals surface area contributed by atoms with E-state index >= 15 is 0 Å². The summed E-state index contributed by atoms with van der Waals surface area (Å²) in [6.07, 6.45) is 6.58. The van der Waals surface area contributed by atoms with Gasteiger partial charge in [0.05, 0.1) is 18.1 Å². The van der Waals surface area contributed by atoms with Crippen LogP contribution in [0.1, 0.15) is 54.0 Å². The maximum Gasteiger partial charge on any atom is 0.243 e. The number of aromatic nitrogens is 1. The fraction of sp³-hybridized carbons (Fsp3) is 0.394. The molecule has 2 aliphatic heterocycles. The van der Waals surface area contributed by atoms with Crippen LogP contribution in [0.15, 0.2) is 71.8 Å². The van der Waals surface area contributed by atoms with E-state index in [1.165, 1.54) is 18.4 Å². The van der Waals surface area contributed by atoms with Gasteiger partial charge in [-0.05, 0) is 72.4 Å². The number of nitrogens with zero attached hydrogens (tertiary/aromatic N) is 1. The van der Waals surface area contributed by atoms with Crippen molar-refractivity contribution in [1.82, 2.24) is 9.29 Å². The molecule has 1 saturated carbocycles. The zero-order chi connectivity index (χ0) is 29.7. The standard InChI is InChI=1S/C33H37N3O6S/c1-20-8-4-7-11-29(20)43(37,38)35-31-30(41-31)22-13-12-21(28(17-22)39-3)16-23-19-36(2)27-15-14-24(18-26(23)27)34-32-33(42-32)40-25-9-5-6-10-25/h4,7-8,11-15,17-19,25,30-35H,5-6,9-10,16H2,1-3H3. The molecule has 43 heavy (non-hydrogen) atoms. The predicted octanol–water partition coefficient (Wildman–Crippen LogP) is 5.52. The topological polar surface area (TPSA) is 107 Å². The van der Waals surface area contributed by atoms with Crippen molar-refractivity contribution in [3.63, 3.8) is 0 Å². The second-order valence-electron chi connectivity index (χ2n) is 11.7. The van der Waals surface area contributed by atoms with Gasteiger partial charge < -0.3 is 28.8 Å². The van der Waals surface area contributed by atoms with Crippen molar-refractivity contribution in [3.8, 4) is 5.75 Å². The Bertz CT molecular complexity index is 1760. The maximum absolute atomic E-state index is 12.9. The highest BCUT2D eigenvalue weighted by atomic mass is 32.2. The summed E-state index contributed by atoms with van der Waals surface area (Å²) < 4.78 is 54.0. The summed E-state index contributed by atoms with van der Waals surface area (Å²) in [5.41, 5.74) is 5.89. The lowest BCUT2D eigenvalue weighted by atomic mass is 10.0. The first kappa shape index (κ1) is 28.4. The Balaban J connectivity index is 1.04. The second kappa shape index (κ2) is 11.3. The molecule has 4 atom stereocenters. The summed E-state index contributed by atoms with van der Waals surface area (Å²) in [6, 6.07) is 19.2. The van der Waals surface area contributed by atoms with E-state index in [0.29, 0.717) is 18.1 Å². The van der Waals surface area contributed by atoms with Crippen LogP contribution < -0.4 is 14.8 Å². The molecule has 3 heterocycles. The number of epoxide rings is 2. The van der Waals surface area contributed by atoms with Crippen molar-refractivity contribution in [3.05, 3.63) is 89.1 Å².